The van der Waals surface area contributed by atoms with E-state index < -0.39 is 20.0 Å². The number of piperidine rings is 1. The maximum Gasteiger partial charge on any atom is 0.263 e. The lowest BCUT2D eigenvalue weighted by Crippen LogP contribution is -2.35. The minimum absolute atomic E-state index is 0.00720. The molecule has 0 atom stereocenters. The van der Waals surface area contributed by atoms with Crippen LogP contribution in [-0.2, 0) is 20.0 Å². The van der Waals surface area contributed by atoms with E-state index in [1.165, 1.54) is 39.9 Å². The van der Waals surface area contributed by atoms with Gasteiger partial charge in [-0.2, -0.15) is 4.31 Å². The van der Waals surface area contributed by atoms with Gasteiger partial charge in [-0.05, 0) is 60.7 Å². The summed E-state index contributed by atoms with van der Waals surface area (Å²) in [6, 6.07) is 11.3. The average Bonchev–Trinajstić information content (AvgIpc) is 3.15. The Hall–Kier alpha value is -2.01. The fraction of sp³-hybridized carbons (Fsp3) is 0.381. The van der Waals surface area contributed by atoms with Crippen LogP contribution in [-0.4, -0.2) is 39.2 Å². The summed E-state index contributed by atoms with van der Waals surface area (Å²) in [6.45, 7) is 5.20. The van der Waals surface area contributed by atoms with Crippen LogP contribution < -0.4 is 4.72 Å². The maximum absolute atomic E-state index is 12.8. The number of nitrogens with zero attached hydrogens (tertiary/aromatic N) is 2. The van der Waals surface area contributed by atoms with Gasteiger partial charge in [0.15, 0.2) is 5.13 Å². The van der Waals surface area contributed by atoms with Gasteiger partial charge in [0.2, 0.25) is 10.0 Å². The van der Waals surface area contributed by atoms with Gasteiger partial charge < -0.3 is 0 Å². The minimum atomic E-state index is -3.89. The van der Waals surface area contributed by atoms with Gasteiger partial charge in [0.25, 0.3) is 10.0 Å². The number of nitrogens with one attached hydrogen (secondary N) is 1. The van der Waals surface area contributed by atoms with Crippen molar-refractivity contribution in [3.63, 3.8) is 0 Å². The van der Waals surface area contributed by atoms with E-state index in [1.807, 2.05) is 18.2 Å². The lowest BCUT2D eigenvalue weighted by atomic mass is 10.0. The van der Waals surface area contributed by atoms with Crippen LogP contribution in [0.5, 0.6) is 0 Å². The molecule has 2 aromatic carbocycles. The number of thiazole rings is 1. The lowest BCUT2D eigenvalue weighted by molar-refractivity contribution is 0.346. The Kier molecular flexibility index (Phi) is 6.08. The number of rotatable bonds is 6. The first-order chi connectivity index (χ1) is 14.7. The molecule has 166 valence electrons. The molecule has 1 saturated heterocycles. The van der Waals surface area contributed by atoms with Crippen LogP contribution >= 0.6 is 11.3 Å². The van der Waals surface area contributed by atoms with Gasteiger partial charge in [-0.25, -0.2) is 21.8 Å². The van der Waals surface area contributed by atoms with Crippen LogP contribution in [0.1, 0.15) is 44.6 Å². The summed E-state index contributed by atoms with van der Waals surface area (Å²) < 4.78 is 56.0. The number of benzene rings is 2. The first-order valence-electron chi connectivity index (χ1n) is 10.2. The summed E-state index contributed by atoms with van der Waals surface area (Å²) in [5, 5.41) is 0.279. The minimum Gasteiger partial charge on any atom is -0.255 e. The van der Waals surface area contributed by atoms with Crippen molar-refractivity contribution in [3.05, 3.63) is 48.0 Å². The van der Waals surface area contributed by atoms with E-state index in [-0.39, 0.29) is 14.9 Å². The molecule has 0 aliphatic carbocycles. The summed E-state index contributed by atoms with van der Waals surface area (Å²) >= 11 is 1.27. The standard InChI is InChI=1S/C21H25N3O4S3/c1-15(2)16-6-11-19-20(14-16)29-21(22-19)23-30(25,26)17-7-9-18(10-8-17)31(27,28)24-12-4-3-5-13-24/h6-11,14-15H,3-5,12-13H2,1-2H3,(H,22,23). The highest BCUT2D eigenvalue weighted by Gasteiger charge is 2.26. The zero-order valence-electron chi connectivity index (χ0n) is 17.4. The second-order valence-electron chi connectivity index (χ2n) is 7.94. The Morgan fingerprint density at radius 3 is 2.23 bits per heavy atom. The Bertz CT molecular complexity index is 1290. The quantitative estimate of drug-likeness (QED) is 0.565. The van der Waals surface area contributed by atoms with Gasteiger partial charge in [-0.1, -0.05) is 37.7 Å². The SMILES string of the molecule is CC(C)c1ccc2nc(NS(=O)(=O)c3ccc(S(=O)(=O)N4CCCCC4)cc3)sc2c1. The molecular weight excluding hydrogens is 454 g/mol. The smallest absolute Gasteiger partial charge is 0.255 e. The van der Waals surface area contributed by atoms with E-state index in [2.05, 4.69) is 23.6 Å². The summed E-state index contributed by atoms with van der Waals surface area (Å²) in [7, 11) is -7.49. The second-order valence-corrected chi connectivity index (χ2v) is 12.6. The highest BCUT2D eigenvalue weighted by atomic mass is 32.2. The topological polar surface area (TPSA) is 96.4 Å². The lowest BCUT2D eigenvalue weighted by Gasteiger charge is -2.25. The van der Waals surface area contributed by atoms with Crippen molar-refractivity contribution >= 4 is 46.7 Å². The molecule has 0 amide bonds. The van der Waals surface area contributed by atoms with Crippen LogP contribution in [0.2, 0.25) is 0 Å². The molecule has 7 nitrogen and oxygen atoms in total. The first-order valence-corrected chi connectivity index (χ1v) is 13.9. The largest absolute Gasteiger partial charge is 0.263 e. The predicted molar refractivity (Wildman–Crippen MR) is 124 cm³/mol. The second kappa shape index (κ2) is 8.50. The first kappa shape index (κ1) is 22.2. The van der Waals surface area contributed by atoms with Crippen molar-refractivity contribution in [1.29, 1.82) is 0 Å². The molecule has 0 spiro atoms. The van der Waals surface area contributed by atoms with Gasteiger partial charge >= 0.3 is 0 Å². The van der Waals surface area contributed by atoms with E-state index in [0.29, 0.717) is 19.0 Å². The third-order valence-electron chi connectivity index (χ3n) is 5.39. The molecule has 0 unspecified atom stereocenters. The summed E-state index contributed by atoms with van der Waals surface area (Å²) in [6.07, 6.45) is 2.71. The van der Waals surface area contributed by atoms with Crippen LogP contribution in [0.15, 0.2) is 52.3 Å². The molecule has 1 aliphatic rings. The van der Waals surface area contributed by atoms with Gasteiger partial charge in [0, 0.05) is 13.1 Å². The molecule has 31 heavy (non-hydrogen) atoms. The van der Waals surface area contributed by atoms with Crippen molar-refractivity contribution in [3.8, 4) is 0 Å². The molecule has 3 aromatic rings. The maximum atomic E-state index is 12.8. The van der Waals surface area contributed by atoms with Crippen molar-refractivity contribution in [2.24, 2.45) is 0 Å². The van der Waals surface area contributed by atoms with E-state index in [1.54, 1.807) is 0 Å². The molecule has 2 heterocycles. The number of aromatic nitrogens is 1. The third-order valence-corrected chi connectivity index (χ3v) is 9.72. The van der Waals surface area contributed by atoms with Crippen molar-refractivity contribution in [1.82, 2.24) is 9.29 Å². The molecule has 0 bridgehead atoms. The molecule has 1 aromatic heterocycles. The molecular formula is C21H25N3O4S3. The Balaban J connectivity index is 1.55. The zero-order chi connectivity index (χ0) is 22.2. The van der Waals surface area contributed by atoms with E-state index >= 15 is 0 Å². The van der Waals surface area contributed by atoms with Crippen molar-refractivity contribution < 1.29 is 16.8 Å². The fourth-order valence-corrected chi connectivity index (χ4v) is 7.23. The Morgan fingerprint density at radius 2 is 1.58 bits per heavy atom. The van der Waals surface area contributed by atoms with Gasteiger partial charge in [0.05, 0.1) is 20.0 Å². The fourth-order valence-electron chi connectivity index (χ4n) is 3.56. The highest BCUT2D eigenvalue weighted by Crippen LogP contribution is 2.30. The average molecular weight is 480 g/mol. The monoisotopic (exact) mass is 479 g/mol. The number of hydrogen-bond donors (Lipinski definition) is 1. The molecule has 1 aliphatic heterocycles. The molecule has 10 heteroatoms. The summed E-state index contributed by atoms with van der Waals surface area (Å²) in [4.78, 5) is 4.47. The van der Waals surface area contributed by atoms with Gasteiger partial charge in [-0.15, -0.1) is 0 Å². The molecule has 0 saturated carbocycles. The normalized spacial score (nSPS) is 16.1. The van der Waals surface area contributed by atoms with Crippen molar-refractivity contribution in [2.75, 3.05) is 17.8 Å². The van der Waals surface area contributed by atoms with Crippen LogP contribution in [0.4, 0.5) is 5.13 Å². The predicted octanol–water partition coefficient (Wildman–Crippen LogP) is 4.40. The zero-order valence-corrected chi connectivity index (χ0v) is 19.9. The van der Waals surface area contributed by atoms with E-state index in [9.17, 15) is 16.8 Å². The van der Waals surface area contributed by atoms with Crippen molar-refractivity contribution in [2.45, 2.75) is 48.8 Å². The molecule has 0 radical (unpaired) electrons. The van der Waals surface area contributed by atoms with E-state index in [4.69, 9.17) is 0 Å². The number of sulfonamides is 2. The Morgan fingerprint density at radius 1 is 0.935 bits per heavy atom. The Labute approximate surface area is 187 Å². The summed E-state index contributed by atoms with van der Waals surface area (Å²) in [5.74, 6) is 0.367. The van der Waals surface area contributed by atoms with E-state index in [0.717, 1.165) is 35.0 Å². The third kappa shape index (κ3) is 4.62. The number of fused-ring (bicyclic) bond motifs is 1. The molecule has 4 rings (SSSR count). The summed E-state index contributed by atoms with van der Waals surface area (Å²) in [5.41, 5.74) is 1.89. The van der Waals surface area contributed by atoms with Gasteiger partial charge in [0.1, 0.15) is 0 Å². The highest BCUT2D eigenvalue weighted by molar-refractivity contribution is 7.93. The number of hydrogen-bond acceptors (Lipinski definition) is 6. The molecule has 1 fully saturated rings. The number of anilines is 1. The van der Waals surface area contributed by atoms with Crippen LogP contribution in [0.25, 0.3) is 10.2 Å². The van der Waals surface area contributed by atoms with Gasteiger partial charge in [-0.3, -0.25) is 4.72 Å². The van der Waals surface area contributed by atoms with Crippen LogP contribution in [0.3, 0.4) is 0 Å². The van der Waals surface area contributed by atoms with Crippen LogP contribution in [0, 0.1) is 0 Å². The molecule has 1 N–H and O–H groups in total.